The summed E-state index contributed by atoms with van der Waals surface area (Å²) in [6, 6.07) is 20.8. The molecule has 0 saturated carbocycles. The molecule has 0 aromatic heterocycles. The highest BCUT2D eigenvalue weighted by molar-refractivity contribution is 8.17. The van der Waals surface area contributed by atoms with Gasteiger partial charge in [-0.15, -0.1) is 0 Å². The number of benzene rings is 2. The third-order valence-electron chi connectivity index (χ3n) is 3.87. The minimum atomic E-state index is -0.737. The molecular formula is C19H14N4OS. The van der Waals surface area contributed by atoms with E-state index in [9.17, 15) is 10.5 Å². The number of rotatable bonds is 3. The lowest BCUT2D eigenvalue weighted by Gasteiger charge is -2.28. The molecule has 5 nitrogen and oxygen atoms in total. The van der Waals surface area contributed by atoms with Crippen molar-refractivity contribution < 1.29 is 4.74 Å². The van der Waals surface area contributed by atoms with Crippen molar-refractivity contribution in [3.8, 4) is 23.6 Å². The predicted octanol–water partition coefficient (Wildman–Crippen LogP) is 4.12. The maximum Gasteiger partial charge on any atom is 0.127 e. The second-order valence-corrected chi connectivity index (χ2v) is 6.51. The van der Waals surface area contributed by atoms with Gasteiger partial charge in [-0.2, -0.15) is 10.5 Å². The topological polar surface area (TPSA) is 107 Å². The first kappa shape index (κ1) is 16.6. The van der Waals surface area contributed by atoms with Crippen LogP contribution in [0.3, 0.4) is 0 Å². The van der Waals surface area contributed by atoms with Gasteiger partial charge in [0.25, 0.3) is 0 Å². The summed E-state index contributed by atoms with van der Waals surface area (Å²) in [5, 5.41) is 27.4. The molecule has 0 aliphatic carbocycles. The monoisotopic (exact) mass is 346 g/mol. The van der Waals surface area contributed by atoms with E-state index in [4.69, 9.17) is 15.9 Å². The first-order chi connectivity index (χ1) is 12.1. The zero-order chi connectivity index (χ0) is 17.8. The standard InChI is InChI=1S/C19H14N4OS/c20-10-15-17(16(11-21)19(23)25-18(15)22)12-5-4-8-14(9-12)24-13-6-2-1-3-7-13/h1-9,15,17,22H,23H2/t15-,17+/m0/s1. The summed E-state index contributed by atoms with van der Waals surface area (Å²) in [7, 11) is 0. The van der Waals surface area contributed by atoms with Crippen LogP contribution < -0.4 is 10.5 Å². The molecule has 25 heavy (non-hydrogen) atoms. The van der Waals surface area contributed by atoms with E-state index >= 15 is 0 Å². The minimum absolute atomic E-state index is 0.151. The zero-order valence-electron chi connectivity index (χ0n) is 13.1. The average molecular weight is 346 g/mol. The molecule has 1 aliphatic heterocycles. The Morgan fingerprint density at radius 3 is 2.44 bits per heavy atom. The van der Waals surface area contributed by atoms with E-state index in [-0.39, 0.29) is 10.1 Å². The molecule has 6 heteroatoms. The van der Waals surface area contributed by atoms with E-state index in [0.717, 1.165) is 17.3 Å². The highest BCUT2D eigenvalue weighted by Crippen LogP contribution is 2.43. The largest absolute Gasteiger partial charge is 0.457 e. The number of hydrogen-bond donors (Lipinski definition) is 2. The molecule has 0 radical (unpaired) electrons. The Balaban J connectivity index is 2.01. The molecule has 0 fully saturated rings. The Labute approximate surface area is 149 Å². The maximum atomic E-state index is 9.49. The Bertz CT molecular complexity index is 924. The fourth-order valence-electron chi connectivity index (χ4n) is 2.72. The lowest BCUT2D eigenvalue weighted by atomic mass is 9.81. The molecule has 2 aromatic rings. The molecule has 0 bridgehead atoms. The molecule has 1 heterocycles. The Hall–Kier alpha value is -3.22. The van der Waals surface area contributed by atoms with Gasteiger partial charge in [-0.1, -0.05) is 42.1 Å². The van der Waals surface area contributed by atoms with Crippen molar-refractivity contribution in [2.75, 3.05) is 0 Å². The molecule has 3 N–H and O–H groups in total. The molecule has 2 atom stereocenters. The van der Waals surface area contributed by atoms with Gasteiger partial charge in [0.05, 0.1) is 27.8 Å². The molecular weight excluding hydrogens is 332 g/mol. The lowest BCUT2D eigenvalue weighted by molar-refractivity contribution is 0.481. The van der Waals surface area contributed by atoms with E-state index in [0.29, 0.717) is 17.1 Å². The number of nitrogens with zero attached hydrogens (tertiary/aromatic N) is 2. The van der Waals surface area contributed by atoms with Gasteiger partial charge in [-0.3, -0.25) is 5.41 Å². The first-order valence-electron chi connectivity index (χ1n) is 7.52. The van der Waals surface area contributed by atoms with Crippen LogP contribution in [-0.4, -0.2) is 5.04 Å². The molecule has 0 saturated heterocycles. The average Bonchev–Trinajstić information content (AvgIpc) is 2.62. The van der Waals surface area contributed by atoms with Gasteiger partial charge in [0.1, 0.15) is 17.4 Å². The normalized spacial score (nSPS) is 19.8. The summed E-state index contributed by atoms with van der Waals surface area (Å²) < 4.78 is 5.83. The SMILES string of the molecule is N#CC1=C(N)SC(=N)[C@@H](C#N)[C@H]1c1cccc(Oc2ccccc2)c1. The van der Waals surface area contributed by atoms with E-state index in [1.807, 2.05) is 36.4 Å². The molecule has 0 unspecified atom stereocenters. The van der Waals surface area contributed by atoms with Gasteiger partial charge >= 0.3 is 0 Å². The third kappa shape index (κ3) is 3.35. The fourth-order valence-corrected chi connectivity index (χ4v) is 3.56. The lowest BCUT2D eigenvalue weighted by Crippen LogP contribution is -2.26. The molecule has 0 spiro atoms. The zero-order valence-corrected chi connectivity index (χ0v) is 14.0. The van der Waals surface area contributed by atoms with Crippen LogP contribution >= 0.6 is 11.8 Å². The summed E-state index contributed by atoms with van der Waals surface area (Å²) in [5.41, 5.74) is 6.97. The number of nitriles is 2. The summed E-state index contributed by atoms with van der Waals surface area (Å²) in [5.74, 6) is -0.0120. The van der Waals surface area contributed by atoms with Gasteiger partial charge in [-0.05, 0) is 29.8 Å². The van der Waals surface area contributed by atoms with Crippen molar-refractivity contribution in [3.05, 3.63) is 70.8 Å². The third-order valence-corrected chi connectivity index (χ3v) is 4.78. The van der Waals surface area contributed by atoms with Crippen LogP contribution in [0.15, 0.2) is 65.2 Å². The molecule has 1 aliphatic rings. The van der Waals surface area contributed by atoms with E-state index in [1.165, 1.54) is 0 Å². The quantitative estimate of drug-likeness (QED) is 0.869. The van der Waals surface area contributed by atoms with Crippen LogP contribution in [0, 0.1) is 34.0 Å². The number of thioether (sulfide) groups is 1. The van der Waals surface area contributed by atoms with Crippen LogP contribution in [0.4, 0.5) is 0 Å². The fraction of sp³-hybridized carbons (Fsp3) is 0.105. The Kier molecular flexibility index (Phi) is 4.74. The van der Waals surface area contributed by atoms with Crippen LogP contribution in [0.2, 0.25) is 0 Å². The number of para-hydroxylation sites is 1. The Morgan fingerprint density at radius 2 is 1.76 bits per heavy atom. The second kappa shape index (κ2) is 7.12. The Morgan fingerprint density at radius 1 is 1.04 bits per heavy atom. The maximum absolute atomic E-state index is 9.49. The molecule has 2 aromatic carbocycles. The minimum Gasteiger partial charge on any atom is -0.457 e. The van der Waals surface area contributed by atoms with E-state index in [2.05, 4.69) is 12.1 Å². The van der Waals surface area contributed by atoms with Crippen LogP contribution in [0.1, 0.15) is 11.5 Å². The highest BCUT2D eigenvalue weighted by Gasteiger charge is 2.37. The number of hydrogen-bond acceptors (Lipinski definition) is 6. The summed E-state index contributed by atoms with van der Waals surface area (Å²) in [4.78, 5) is 0. The van der Waals surface area contributed by atoms with Crippen molar-refractivity contribution in [1.29, 1.82) is 15.9 Å². The van der Waals surface area contributed by atoms with Gasteiger partial charge in [0, 0.05) is 5.92 Å². The predicted molar refractivity (Wildman–Crippen MR) is 96.9 cm³/mol. The molecule has 122 valence electrons. The highest BCUT2D eigenvalue weighted by atomic mass is 32.2. The molecule has 0 amide bonds. The summed E-state index contributed by atoms with van der Waals surface area (Å²) in [6.45, 7) is 0. The van der Waals surface area contributed by atoms with E-state index in [1.54, 1.807) is 18.2 Å². The number of nitrogens with one attached hydrogen (secondary N) is 1. The van der Waals surface area contributed by atoms with Crippen molar-refractivity contribution in [2.45, 2.75) is 5.92 Å². The molecule has 3 rings (SSSR count). The van der Waals surface area contributed by atoms with Crippen LogP contribution in [-0.2, 0) is 0 Å². The van der Waals surface area contributed by atoms with Crippen molar-refractivity contribution >= 4 is 16.8 Å². The smallest absolute Gasteiger partial charge is 0.127 e. The van der Waals surface area contributed by atoms with Gasteiger partial charge < -0.3 is 10.5 Å². The van der Waals surface area contributed by atoms with Gasteiger partial charge in [0.2, 0.25) is 0 Å². The van der Waals surface area contributed by atoms with Crippen LogP contribution in [0.5, 0.6) is 11.5 Å². The van der Waals surface area contributed by atoms with Gasteiger partial charge in [-0.25, -0.2) is 0 Å². The second-order valence-electron chi connectivity index (χ2n) is 5.43. The van der Waals surface area contributed by atoms with Crippen molar-refractivity contribution in [1.82, 2.24) is 0 Å². The number of allylic oxidation sites excluding steroid dienone is 1. The van der Waals surface area contributed by atoms with Crippen molar-refractivity contribution in [3.63, 3.8) is 0 Å². The van der Waals surface area contributed by atoms with E-state index < -0.39 is 11.8 Å². The van der Waals surface area contributed by atoms with Gasteiger partial charge in [0.15, 0.2) is 0 Å². The first-order valence-corrected chi connectivity index (χ1v) is 8.34. The summed E-state index contributed by atoms with van der Waals surface area (Å²) in [6.07, 6.45) is 0. The van der Waals surface area contributed by atoms with Crippen LogP contribution in [0.25, 0.3) is 0 Å². The van der Waals surface area contributed by atoms with Crippen molar-refractivity contribution in [2.24, 2.45) is 11.7 Å². The number of nitrogens with two attached hydrogens (primary N) is 1. The summed E-state index contributed by atoms with van der Waals surface area (Å²) >= 11 is 0.976. The number of ether oxygens (including phenoxy) is 1.